The third-order valence-corrected chi connectivity index (χ3v) is 5.06. The van der Waals surface area contributed by atoms with E-state index in [1.165, 1.54) is 0 Å². The van der Waals surface area contributed by atoms with Crippen LogP contribution in [0, 0.1) is 13.8 Å². The predicted octanol–water partition coefficient (Wildman–Crippen LogP) is 1.49. The highest BCUT2D eigenvalue weighted by Crippen LogP contribution is 2.19. The number of thiazole rings is 1. The Labute approximate surface area is 150 Å². The molecule has 2 aromatic heterocycles. The first-order valence-corrected chi connectivity index (χ1v) is 9.04. The maximum atomic E-state index is 12.6. The molecule has 25 heavy (non-hydrogen) atoms. The summed E-state index contributed by atoms with van der Waals surface area (Å²) in [4.78, 5) is 31.9. The molecular formula is C16H22N6O2S. The SMILES string of the molecule is Cc1nc(CNC(=O)N[C@@H]2CCCN(c3ccn(C)n3)C2=O)c(C)s1. The highest BCUT2D eigenvalue weighted by molar-refractivity contribution is 7.11. The summed E-state index contributed by atoms with van der Waals surface area (Å²) >= 11 is 1.60. The van der Waals surface area contributed by atoms with Gasteiger partial charge in [-0.2, -0.15) is 5.10 Å². The van der Waals surface area contributed by atoms with Crippen molar-refractivity contribution in [1.82, 2.24) is 25.4 Å². The van der Waals surface area contributed by atoms with Crippen molar-refractivity contribution in [3.05, 3.63) is 27.8 Å². The van der Waals surface area contributed by atoms with Crippen molar-refractivity contribution >= 4 is 29.1 Å². The highest BCUT2D eigenvalue weighted by Gasteiger charge is 2.31. The first-order chi connectivity index (χ1) is 11.9. The van der Waals surface area contributed by atoms with Gasteiger partial charge in [-0.1, -0.05) is 0 Å². The van der Waals surface area contributed by atoms with Crippen molar-refractivity contribution in [2.24, 2.45) is 7.05 Å². The second kappa shape index (κ2) is 7.22. The fraction of sp³-hybridized carbons (Fsp3) is 0.500. The fourth-order valence-corrected chi connectivity index (χ4v) is 3.73. The Morgan fingerprint density at radius 3 is 2.88 bits per heavy atom. The van der Waals surface area contributed by atoms with Crippen molar-refractivity contribution in [3.8, 4) is 0 Å². The Morgan fingerprint density at radius 2 is 2.24 bits per heavy atom. The van der Waals surface area contributed by atoms with Crippen molar-refractivity contribution in [1.29, 1.82) is 0 Å². The first-order valence-electron chi connectivity index (χ1n) is 8.22. The van der Waals surface area contributed by atoms with Gasteiger partial charge in [0.2, 0.25) is 0 Å². The van der Waals surface area contributed by atoms with E-state index in [2.05, 4.69) is 20.7 Å². The number of urea groups is 1. The summed E-state index contributed by atoms with van der Waals surface area (Å²) in [6.07, 6.45) is 3.24. The molecule has 0 spiro atoms. The van der Waals surface area contributed by atoms with Gasteiger partial charge in [0.25, 0.3) is 5.91 Å². The van der Waals surface area contributed by atoms with Gasteiger partial charge in [-0.25, -0.2) is 9.78 Å². The number of carbonyl (C=O) groups is 2. The Morgan fingerprint density at radius 1 is 1.44 bits per heavy atom. The van der Waals surface area contributed by atoms with Crippen molar-refractivity contribution in [2.45, 2.75) is 39.3 Å². The summed E-state index contributed by atoms with van der Waals surface area (Å²) in [5.41, 5.74) is 0.864. The van der Waals surface area contributed by atoms with Gasteiger partial charge in [-0.05, 0) is 26.7 Å². The van der Waals surface area contributed by atoms with Gasteiger partial charge in [0, 0.05) is 30.7 Å². The topological polar surface area (TPSA) is 92.2 Å². The number of anilines is 1. The second-order valence-corrected chi connectivity index (χ2v) is 7.50. The van der Waals surface area contributed by atoms with E-state index in [1.54, 1.807) is 33.2 Å². The van der Waals surface area contributed by atoms with Crippen molar-refractivity contribution in [2.75, 3.05) is 11.4 Å². The lowest BCUT2D eigenvalue weighted by atomic mass is 10.1. The van der Waals surface area contributed by atoms with Gasteiger partial charge in [0.05, 0.1) is 17.2 Å². The lowest BCUT2D eigenvalue weighted by molar-refractivity contribution is -0.121. The average Bonchev–Trinajstić information content (AvgIpc) is 3.12. The van der Waals surface area contributed by atoms with Gasteiger partial charge >= 0.3 is 6.03 Å². The molecule has 3 amide bonds. The molecular weight excluding hydrogens is 340 g/mol. The Bertz CT molecular complexity index is 783. The van der Waals surface area contributed by atoms with Crippen LogP contribution in [0.15, 0.2) is 12.3 Å². The van der Waals surface area contributed by atoms with E-state index in [0.717, 1.165) is 22.0 Å². The predicted molar refractivity (Wildman–Crippen MR) is 95.5 cm³/mol. The standard InChI is InChI=1S/C16H22N6O2S/c1-10-13(18-11(2)25-10)9-17-16(24)19-12-5-4-7-22(15(12)23)14-6-8-21(3)20-14/h6,8,12H,4-5,7,9H2,1-3H3,(H2,17,19,24)/t12-/m1/s1. The quantitative estimate of drug-likeness (QED) is 0.862. The lowest BCUT2D eigenvalue weighted by Gasteiger charge is -2.31. The van der Waals surface area contributed by atoms with Gasteiger partial charge in [-0.15, -0.1) is 11.3 Å². The zero-order chi connectivity index (χ0) is 18.0. The summed E-state index contributed by atoms with van der Waals surface area (Å²) in [6, 6.07) is 0.911. The molecule has 0 aromatic carbocycles. The Balaban J connectivity index is 1.57. The van der Waals surface area contributed by atoms with E-state index in [4.69, 9.17) is 0 Å². The van der Waals surface area contributed by atoms with E-state index in [1.807, 2.05) is 20.9 Å². The highest BCUT2D eigenvalue weighted by atomic mass is 32.1. The minimum absolute atomic E-state index is 0.124. The Hall–Kier alpha value is -2.42. The molecule has 1 atom stereocenters. The molecule has 1 saturated heterocycles. The second-order valence-electron chi connectivity index (χ2n) is 6.10. The molecule has 0 aliphatic carbocycles. The van der Waals surface area contributed by atoms with E-state index in [9.17, 15) is 9.59 Å². The average molecular weight is 362 g/mol. The largest absolute Gasteiger partial charge is 0.332 e. The zero-order valence-corrected chi connectivity index (χ0v) is 15.4. The minimum atomic E-state index is -0.533. The van der Waals surface area contributed by atoms with Crippen LogP contribution in [0.5, 0.6) is 0 Å². The van der Waals surface area contributed by atoms with Gasteiger partial charge in [-0.3, -0.25) is 14.4 Å². The molecule has 1 fully saturated rings. The molecule has 0 saturated carbocycles. The number of amides is 3. The fourth-order valence-electron chi connectivity index (χ4n) is 2.89. The van der Waals surface area contributed by atoms with Gasteiger partial charge in [0.1, 0.15) is 6.04 Å². The van der Waals surface area contributed by atoms with Gasteiger partial charge in [0.15, 0.2) is 5.82 Å². The summed E-state index contributed by atoms with van der Waals surface area (Å²) in [5, 5.41) is 10.8. The van der Waals surface area contributed by atoms with E-state index in [0.29, 0.717) is 25.3 Å². The van der Waals surface area contributed by atoms with Crippen molar-refractivity contribution < 1.29 is 9.59 Å². The van der Waals surface area contributed by atoms with Crippen LogP contribution in [0.4, 0.5) is 10.6 Å². The third-order valence-electron chi connectivity index (χ3n) is 4.14. The summed E-state index contributed by atoms with van der Waals surface area (Å²) in [5.74, 6) is 0.494. The molecule has 0 radical (unpaired) electrons. The van der Waals surface area contributed by atoms with Gasteiger partial charge < -0.3 is 10.6 Å². The molecule has 8 nitrogen and oxygen atoms in total. The molecule has 0 bridgehead atoms. The molecule has 1 aliphatic heterocycles. The number of nitrogens with zero attached hydrogens (tertiary/aromatic N) is 4. The molecule has 134 valence electrons. The molecule has 2 aromatic rings. The Kier molecular flexibility index (Phi) is 5.03. The van der Waals surface area contributed by atoms with E-state index >= 15 is 0 Å². The number of hydrogen-bond donors (Lipinski definition) is 2. The van der Waals surface area contributed by atoms with Crippen LogP contribution in [0.2, 0.25) is 0 Å². The molecule has 3 rings (SSSR count). The van der Waals surface area contributed by atoms with Crippen LogP contribution in [-0.2, 0) is 18.4 Å². The number of aromatic nitrogens is 3. The monoisotopic (exact) mass is 362 g/mol. The lowest BCUT2D eigenvalue weighted by Crippen LogP contribution is -2.54. The number of carbonyl (C=O) groups excluding carboxylic acids is 2. The smallest absolute Gasteiger partial charge is 0.315 e. The molecule has 2 N–H and O–H groups in total. The maximum Gasteiger partial charge on any atom is 0.315 e. The maximum absolute atomic E-state index is 12.6. The summed E-state index contributed by atoms with van der Waals surface area (Å²) < 4.78 is 1.66. The van der Waals surface area contributed by atoms with Crippen LogP contribution in [0.1, 0.15) is 28.4 Å². The molecule has 3 heterocycles. The summed E-state index contributed by atoms with van der Waals surface area (Å²) in [6.45, 7) is 4.89. The third kappa shape index (κ3) is 3.98. The molecule has 0 unspecified atom stereocenters. The minimum Gasteiger partial charge on any atom is -0.332 e. The molecule has 1 aliphatic rings. The normalized spacial score (nSPS) is 17.6. The van der Waals surface area contributed by atoms with Crippen molar-refractivity contribution in [3.63, 3.8) is 0 Å². The zero-order valence-electron chi connectivity index (χ0n) is 14.6. The number of rotatable bonds is 4. The van der Waals surface area contributed by atoms with Crippen LogP contribution < -0.4 is 15.5 Å². The number of nitrogens with one attached hydrogen (secondary N) is 2. The number of hydrogen-bond acceptors (Lipinski definition) is 5. The van der Waals surface area contributed by atoms with Crippen LogP contribution in [-0.4, -0.2) is 39.3 Å². The number of piperidine rings is 1. The van der Waals surface area contributed by atoms with E-state index in [-0.39, 0.29) is 11.9 Å². The van der Waals surface area contributed by atoms with Crippen LogP contribution in [0.25, 0.3) is 0 Å². The number of aryl methyl sites for hydroxylation is 3. The van der Waals surface area contributed by atoms with Crippen LogP contribution >= 0.6 is 11.3 Å². The van der Waals surface area contributed by atoms with E-state index < -0.39 is 6.04 Å². The first kappa shape index (κ1) is 17.4. The summed E-state index contributed by atoms with van der Waals surface area (Å²) in [7, 11) is 1.81. The molecule has 9 heteroatoms. The van der Waals surface area contributed by atoms with Crippen LogP contribution in [0.3, 0.4) is 0 Å².